The number of rotatable bonds is 6. The first kappa shape index (κ1) is 19.8. The summed E-state index contributed by atoms with van der Waals surface area (Å²) in [6.45, 7) is 1.25. The van der Waals surface area contributed by atoms with Crippen molar-refractivity contribution in [2.75, 3.05) is 12.4 Å². The highest BCUT2D eigenvalue weighted by Gasteiger charge is 2.24. The van der Waals surface area contributed by atoms with Crippen LogP contribution in [-0.4, -0.2) is 30.0 Å². The van der Waals surface area contributed by atoms with Crippen molar-refractivity contribution in [1.82, 2.24) is 0 Å². The molecule has 142 valence electrons. The molecule has 1 N–H and O–H groups in total. The Morgan fingerprint density at radius 1 is 1.15 bits per heavy atom. The highest BCUT2D eigenvalue weighted by atomic mass is 19.2. The topological polar surface area (TPSA) is 108 Å². The third-order valence-corrected chi connectivity index (χ3v) is 3.45. The van der Waals surface area contributed by atoms with Crippen molar-refractivity contribution in [3.63, 3.8) is 0 Å². The first-order chi connectivity index (χ1) is 12.7. The fourth-order valence-electron chi connectivity index (χ4n) is 2.06. The Morgan fingerprint density at radius 3 is 2.44 bits per heavy atom. The molecule has 2 aromatic carbocycles. The average molecular weight is 380 g/mol. The van der Waals surface area contributed by atoms with Gasteiger partial charge in [-0.2, -0.15) is 0 Å². The zero-order valence-electron chi connectivity index (χ0n) is 14.2. The number of non-ortho nitro benzene ring substituents is 1. The van der Waals surface area contributed by atoms with E-state index in [2.05, 4.69) is 5.32 Å². The lowest BCUT2D eigenvalue weighted by Crippen LogP contribution is -2.30. The molecule has 10 heteroatoms. The van der Waals surface area contributed by atoms with E-state index < -0.39 is 34.5 Å². The number of amides is 1. The number of nitro benzene ring substituents is 1. The standard InChI is InChI=1S/C17H14F2N2O6/c1-9(16(22)20-10-3-5-13(18)14(19)7-10)27-17(23)12-8-11(21(24)25)4-6-15(12)26-2/h3-9H,1-2H3,(H,20,22)/t9-/m1/s1. The average Bonchev–Trinajstić information content (AvgIpc) is 2.63. The third-order valence-electron chi connectivity index (χ3n) is 3.45. The normalized spacial score (nSPS) is 11.4. The van der Waals surface area contributed by atoms with Crippen molar-refractivity contribution in [2.45, 2.75) is 13.0 Å². The summed E-state index contributed by atoms with van der Waals surface area (Å²) in [7, 11) is 1.26. The van der Waals surface area contributed by atoms with E-state index >= 15 is 0 Å². The van der Waals surface area contributed by atoms with Gasteiger partial charge >= 0.3 is 5.97 Å². The second-order valence-corrected chi connectivity index (χ2v) is 5.31. The summed E-state index contributed by atoms with van der Waals surface area (Å²) in [5, 5.41) is 13.1. The maximum absolute atomic E-state index is 13.2. The Morgan fingerprint density at radius 2 is 1.85 bits per heavy atom. The zero-order valence-corrected chi connectivity index (χ0v) is 14.2. The molecule has 0 bridgehead atoms. The van der Waals surface area contributed by atoms with Gasteiger partial charge in [-0.05, 0) is 25.1 Å². The van der Waals surface area contributed by atoms with Crippen LogP contribution in [0.4, 0.5) is 20.2 Å². The van der Waals surface area contributed by atoms with Crippen molar-refractivity contribution in [1.29, 1.82) is 0 Å². The Kier molecular flexibility index (Phi) is 6.01. The third kappa shape index (κ3) is 4.75. The summed E-state index contributed by atoms with van der Waals surface area (Å²) in [5.41, 5.74) is -0.629. The van der Waals surface area contributed by atoms with Gasteiger partial charge in [-0.3, -0.25) is 14.9 Å². The van der Waals surface area contributed by atoms with Gasteiger partial charge < -0.3 is 14.8 Å². The van der Waals surface area contributed by atoms with E-state index in [0.717, 1.165) is 30.3 Å². The van der Waals surface area contributed by atoms with E-state index in [0.29, 0.717) is 0 Å². The number of methoxy groups -OCH3 is 1. The van der Waals surface area contributed by atoms with Gasteiger partial charge in [0.2, 0.25) is 0 Å². The van der Waals surface area contributed by atoms with Crippen LogP contribution in [0.3, 0.4) is 0 Å². The summed E-state index contributed by atoms with van der Waals surface area (Å²) < 4.78 is 36.0. The van der Waals surface area contributed by atoms with Crippen molar-refractivity contribution in [3.8, 4) is 5.75 Å². The number of benzene rings is 2. The smallest absolute Gasteiger partial charge is 0.342 e. The highest BCUT2D eigenvalue weighted by Crippen LogP contribution is 2.25. The van der Waals surface area contributed by atoms with E-state index in [-0.39, 0.29) is 22.7 Å². The molecule has 27 heavy (non-hydrogen) atoms. The molecule has 0 heterocycles. The predicted molar refractivity (Wildman–Crippen MR) is 89.5 cm³/mol. The van der Waals surface area contributed by atoms with Gasteiger partial charge in [-0.15, -0.1) is 0 Å². The van der Waals surface area contributed by atoms with Crippen molar-refractivity contribution >= 4 is 23.3 Å². The molecule has 0 unspecified atom stereocenters. The number of anilines is 1. The van der Waals surface area contributed by atoms with Crippen LogP contribution in [0.1, 0.15) is 17.3 Å². The number of nitrogens with zero attached hydrogens (tertiary/aromatic N) is 1. The number of esters is 1. The summed E-state index contributed by atoms with van der Waals surface area (Å²) in [6, 6.07) is 6.06. The van der Waals surface area contributed by atoms with E-state index in [9.17, 15) is 28.5 Å². The van der Waals surface area contributed by atoms with E-state index in [1.54, 1.807) is 0 Å². The summed E-state index contributed by atoms with van der Waals surface area (Å²) in [6.07, 6.45) is -1.32. The molecule has 8 nitrogen and oxygen atoms in total. The van der Waals surface area contributed by atoms with E-state index in [4.69, 9.17) is 9.47 Å². The largest absolute Gasteiger partial charge is 0.496 e. The highest BCUT2D eigenvalue weighted by molar-refractivity contribution is 5.98. The summed E-state index contributed by atoms with van der Waals surface area (Å²) in [4.78, 5) is 34.5. The van der Waals surface area contributed by atoms with Crippen LogP contribution in [0.5, 0.6) is 5.75 Å². The van der Waals surface area contributed by atoms with Crippen molar-refractivity contribution < 1.29 is 32.8 Å². The van der Waals surface area contributed by atoms with Crippen molar-refractivity contribution in [3.05, 3.63) is 63.7 Å². The minimum atomic E-state index is -1.32. The molecule has 1 amide bonds. The molecule has 0 aliphatic carbocycles. The Hall–Kier alpha value is -3.56. The van der Waals surface area contributed by atoms with Gasteiger partial charge in [0.05, 0.1) is 12.0 Å². The number of hydrogen-bond donors (Lipinski definition) is 1. The lowest BCUT2D eigenvalue weighted by Gasteiger charge is -2.15. The minimum absolute atomic E-state index is 0.0267. The molecule has 0 saturated heterocycles. The van der Waals surface area contributed by atoms with Crippen LogP contribution in [0.25, 0.3) is 0 Å². The lowest BCUT2D eigenvalue weighted by molar-refractivity contribution is -0.384. The summed E-state index contributed by atoms with van der Waals surface area (Å²) >= 11 is 0. The molecule has 0 aliphatic rings. The molecule has 0 radical (unpaired) electrons. The quantitative estimate of drug-likeness (QED) is 0.469. The van der Waals surface area contributed by atoms with Crippen LogP contribution < -0.4 is 10.1 Å². The van der Waals surface area contributed by atoms with Crippen LogP contribution in [0.2, 0.25) is 0 Å². The molecule has 0 saturated carbocycles. The number of nitrogens with one attached hydrogen (secondary N) is 1. The molecule has 2 rings (SSSR count). The van der Waals surface area contributed by atoms with Crippen LogP contribution in [0, 0.1) is 21.7 Å². The van der Waals surface area contributed by atoms with Crippen LogP contribution >= 0.6 is 0 Å². The van der Waals surface area contributed by atoms with Crippen LogP contribution in [-0.2, 0) is 9.53 Å². The SMILES string of the molecule is COc1ccc([N+](=O)[O-])cc1C(=O)O[C@H](C)C(=O)Nc1ccc(F)c(F)c1. The summed E-state index contributed by atoms with van der Waals surface area (Å²) in [5.74, 6) is -4.04. The Labute approximate surface area is 151 Å². The number of carbonyl (C=O) groups is 2. The molecular formula is C17H14F2N2O6. The molecule has 0 spiro atoms. The Bertz CT molecular complexity index is 903. The number of carbonyl (C=O) groups excluding carboxylic acids is 2. The molecular weight excluding hydrogens is 366 g/mol. The van der Waals surface area contributed by atoms with Gasteiger partial charge in [-0.25, -0.2) is 13.6 Å². The Balaban J connectivity index is 2.12. The van der Waals surface area contributed by atoms with E-state index in [1.165, 1.54) is 20.1 Å². The molecule has 0 aliphatic heterocycles. The number of ether oxygens (including phenoxy) is 2. The van der Waals surface area contributed by atoms with Crippen LogP contribution in [0.15, 0.2) is 36.4 Å². The first-order valence-corrected chi connectivity index (χ1v) is 7.52. The second-order valence-electron chi connectivity index (χ2n) is 5.31. The van der Waals surface area contributed by atoms with Gasteiger partial charge in [0.25, 0.3) is 11.6 Å². The molecule has 0 fully saturated rings. The minimum Gasteiger partial charge on any atom is -0.496 e. The molecule has 1 atom stereocenters. The first-order valence-electron chi connectivity index (χ1n) is 7.52. The number of halogens is 2. The molecule has 0 aromatic heterocycles. The lowest BCUT2D eigenvalue weighted by atomic mass is 10.1. The number of hydrogen-bond acceptors (Lipinski definition) is 6. The van der Waals surface area contributed by atoms with Gasteiger partial charge in [-0.1, -0.05) is 0 Å². The predicted octanol–water partition coefficient (Wildman–Crippen LogP) is 3.07. The second kappa shape index (κ2) is 8.21. The maximum Gasteiger partial charge on any atom is 0.342 e. The fourth-order valence-corrected chi connectivity index (χ4v) is 2.06. The number of nitro groups is 1. The van der Waals surface area contributed by atoms with Crippen molar-refractivity contribution in [2.24, 2.45) is 0 Å². The molecule has 2 aromatic rings. The van der Waals surface area contributed by atoms with Gasteiger partial charge in [0.1, 0.15) is 11.3 Å². The van der Waals surface area contributed by atoms with E-state index in [1.807, 2.05) is 0 Å². The maximum atomic E-state index is 13.2. The zero-order chi connectivity index (χ0) is 20.1. The van der Waals surface area contributed by atoms with Gasteiger partial charge in [0.15, 0.2) is 17.7 Å². The monoisotopic (exact) mass is 380 g/mol. The fraction of sp³-hybridized carbons (Fsp3) is 0.176. The van der Waals surface area contributed by atoms with Gasteiger partial charge in [0, 0.05) is 23.9 Å².